The summed E-state index contributed by atoms with van der Waals surface area (Å²) >= 11 is 0. The van der Waals surface area contributed by atoms with Gasteiger partial charge in [-0.1, -0.05) is 36.4 Å². The molecule has 0 saturated carbocycles. The summed E-state index contributed by atoms with van der Waals surface area (Å²) in [4.78, 5) is 4.84. The zero-order chi connectivity index (χ0) is 25.2. The standard InChI is InChI=1S/C29H26N2O3S/c1-29(2,19-30)25-16-23-8-5-13-31-28(23)27(17-25)22-7-4-6-20(14-22)15-24(18-32)21-9-11-26(12-10-21)35(3,33)34/h4-17,32H,18H2,1-3H3/b24-15+. The van der Waals surface area contributed by atoms with Crippen LogP contribution in [-0.2, 0) is 15.3 Å². The lowest BCUT2D eigenvalue weighted by molar-refractivity contribution is 0.351. The summed E-state index contributed by atoms with van der Waals surface area (Å²) in [5, 5.41) is 20.7. The summed E-state index contributed by atoms with van der Waals surface area (Å²) in [7, 11) is -3.29. The first kappa shape index (κ1) is 24.3. The van der Waals surface area contributed by atoms with Gasteiger partial charge in [-0.05, 0) is 84.1 Å². The van der Waals surface area contributed by atoms with Crippen LogP contribution in [0.15, 0.2) is 83.9 Å². The van der Waals surface area contributed by atoms with Crippen molar-refractivity contribution in [2.24, 2.45) is 0 Å². The van der Waals surface area contributed by atoms with Crippen LogP contribution >= 0.6 is 0 Å². The maximum Gasteiger partial charge on any atom is 0.175 e. The number of aliphatic hydroxyl groups excluding tert-OH is 1. The molecule has 0 radical (unpaired) electrons. The van der Waals surface area contributed by atoms with Crippen molar-refractivity contribution < 1.29 is 13.5 Å². The summed E-state index contributed by atoms with van der Waals surface area (Å²) in [6, 6.07) is 24.7. The Hall–Kier alpha value is -3.79. The van der Waals surface area contributed by atoms with E-state index in [1.165, 1.54) is 6.26 Å². The second kappa shape index (κ2) is 9.46. The van der Waals surface area contributed by atoms with Crippen molar-refractivity contribution in [2.75, 3.05) is 12.9 Å². The number of hydrogen-bond donors (Lipinski definition) is 1. The lowest BCUT2D eigenvalue weighted by atomic mass is 9.83. The Morgan fingerprint density at radius 2 is 1.80 bits per heavy atom. The normalized spacial score (nSPS) is 12.5. The highest BCUT2D eigenvalue weighted by molar-refractivity contribution is 7.90. The van der Waals surface area contributed by atoms with Crippen molar-refractivity contribution in [3.8, 4) is 17.2 Å². The summed E-state index contributed by atoms with van der Waals surface area (Å²) in [5.74, 6) is 0. The summed E-state index contributed by atoms with van der Waals surface area (Å²) in [6.07, 6.45) is 4.81. The smallest absolute Gasteiger partial charge is 0.175 e. The highest BCUT2D eigenvalue weighted by atomic mass is 32.2. The molecule has 0 aliphatic heterocycles. The van der Waals surface area contributed by atoms with Crippen LogP contribution in [-0.4, -0.2) is 31.4 Å². The molecule has 0 atom stereocenters. The molecule has 0 aliphatic rings. The monoisotopic (exact) mass is 482 g/mol. The second-order valence-electron chi connectivity index (χ2n) is 9.09. The van der Waals surface area contributed by atoms with E-state index in [0.29, 0.717) is 5.57 Å². The first-order valence-corrected chi connectivity index (χ1v) is 13.0. The number of fused-ring (bicyclic) bond motifs is 1. The van der Waals surface area contributed by atoms with Crippen LogP contribution in [0.2, 0.25) is 0 Å². The molecular formula is C29H26N2O3S. The molecular weight excluding hydrogens is 456 g/mol. The fourth-order valence-electron chi connectivity index (χ4n) is 3.97. The Morgan fingerprint density at radius 3 is 2.46 bits per heavy atom. The summed E-state index contributed by atoms with van der Waals surface area (Å²) in [6.45, 7) is 3.60. The molecule has 0 spiro atoms. The molecule has 1 N–H and O–H groups in total. The third-order valence-corrected chi connectivity index (χ3v) is 7.20. The molecule has 1 aromatic heterocycles. The molecule has 1 heterocycles. The van der Waals surface area contributed by atoms with Gasteiger partial charge in [0.15, 0.2) is 9.84 Å². The van der Waals surface area contributed by atoms with Crippen molar-refractivity contribution in [3.63, 3.8) is 0 Å². The lowest BCUT2D eigenvalue weighted by Gasteiger charge is -2.19. The van der Waals surface area contributed by atoms with E-state index in [1.54, 1.807) is 30.5 Å². The number of benzene rings is 3. The molecule has 3 aromatic carbocycles. The molecule has 4 aromatic rings. The molecule has 35 heavy (non-hydrogen) atoms. The molecule has 6 heteroatoms. The Kier molecular flexibility index (Phi) is 6.58. The molecule has 0 aliphatic carbocycles. The van der Waals surface area contributed by atoms with E-state index in [2.05, 4.69) is 11.1 Å². The fourth-order valence-corrected chi connectivity index (χ4v) is 4.60. The Balaban J connectivity index is 1.81. The lowest BCUT2D eigenvalue weighted by Crippen LogP contribution is -2.14. The molecule has 4 rings (SSSR count). The fraction of sp³-hybridized carbons (Fsp3) is 0.172. The second-order valence-corrected chi connectivity index (χ2v) is 11.1. The number of nitriles is 1. The predicted octanol–water partition coefficient (Wildman–Crippen LogP) is 5.64. The Labute approximate surface area is 205 Å². The molecule has 0 amide bonds. The molecule has 5 nitrogen and oxygen atoms in total. The van der Waals surface area contributed by atoms with Gasteiger partial charge in [-0.3, -0.25) is 4.98 Å². The predicted molar refractivity (Wildman–Crippen MR) is 140 cm³/mol. The minimum Gasteiger partial charge on any atom is -0.392 e. The highest BCUT2D eigenvalue weighted by Crippen LogP contribution is 2.34. The molecule has 0 unspecified atom stereocenters. The topological polar surface area (TPSA) is 91.0 Å². The third kappa shape index (κ3) is 5.17. The SMILES string of the molecule is CC(C)(C#N)c1cc(-c2cccc(/C=C(\CO)c3ccc(S(C)(=O)=O)cc3)c2)c2ncccc2c1. The molecule has 0 fully saturated rings. The largest absolute Gasteiger partial charge is 0.392 e. The van der Waals surface area contributed by atoms with E-state index in [4.69, 9.17) is 0 Å². The molecule has 0 bridgehead atoms. The van der Waals surface area contributed by atoms with Crippen molar-refractivity contribution in [2.45, 2.75) is 24.2 Å². The minimum atomic E-state index is -3.29. The van der Waals surface area contributed by atoms with Gasteiger partial charge in [0, 0.05) is 23.4 Å². The van der Waals surface area contributed by atoms with Crippen LogP contribution in [0.3, 0.4) is 0 Å². The van der Waals surface area contributed by atoms with Gasteiger partial charge < -0.3 is 5.11 Å². The van der Waals surface area contributed by atoms with Crippen LogP contribution in [0, 0.1) is 11.3 Å². The van der Waals surface area contributed by atoms with Gasteiger partial charge in [0.05, 0.1) is 28.5 Å². The van der Waals surface area contributed by atoms with E-state index >= 15 is 0 Å². The van der Waals surface area contributed by atoms with Crippen molar-refractivity contribution >= 4 is 32.4 Å². The number of nitrogens with zero attached hydrogens (tertiary/aromatic N) is 2. The highest BCUT2D eigenvalue weighted by Gasteiger charge is 2.22. The number of hydrogen-bond acceptors (Lipinski definition) is 5. The van der Waals surface area contributed by atoms with Gasteiger partial charge in [0.25, 0.3) is 0 Å². The summed E-state index contributed by atoms with van der Waals surface area (Å²) in [5.41, 5.74) is 5.29. The van der Waals surface area contributed by atoms with Gasteiger partial charge in [0.1, 0.15) is 0 Å². The quantitative estimate of drug-likeness (QED) is 0.359. The van der Waals surface area contributed by atoms with Gasteiger partial charge in [-0.15, -0.1) is 0 Å². The summed E-state index contributed by atoms with van der Waals surface area (Å²) < 4.78 is 23.5. The van der Waals surface area contributed by atoms with Gasteiger partial charge in [0.2, 0.25) is 0 Å². The van der Waals surface area contributed by atoms with Crippen LogP contribution in [0.1, 0.15) is 30.5 Å². The van der Waals surface area contributed by atoms with E-state index in [1.807, 2.05) is 68.5 Å². The maximum absolute atomic E-state index is 11.8. The minimum absolute atomic E-state index is 0.196. The van der Waals surface area contributed by atoms with Gasteiger partial charge >= 0.3 is 0 Å². The van der Waals surface area contributed by atoms with Crippen LogP contribution in [0.4, 0.5) is 0 Å². The molecule has 176 valence electrons. The Bertz CT molecular complexity index is 1580. The molecule has 0 saturated heterocycles. The first-order chi connectivity index (χ1) is 16.6. The van der Waals surface area contributed by atoms with Crippen LogP contribution in [0.25, 0.3) is 33.7 Å². The van der Waals surface area contributed by atoms with E-state index in [0.717, 1.165) is 38.7 Å². The van der Waals surface area contributed by atoms with Crippen molar-refractivity contribution in [1.82, 2.24) is 4.98 Å². The van der Waals surface area contributed by atoms with Crippen molar-refractivity contribution in [3.05, 3.63) is 95.7 Å². The Morgan fingerprint density at radius 1 is 1.06 bits per heavy atom. The number of pyridine rings is 1. The van der Waals surface area contributed by atoms with E-state index < -0.39 is 15.3 Å². The van der Waals surface area contributed by atoms with Crippen LogP contribution < -0.4 is 0 Å². The zero-order valence-electron chi connectivity index (χ0n) is 19.9. The zero-order valence-corrected chi connectivity index (χ0v) is 20.7. The number of aromatic nitrogens is 1. The average molecular weight is 483 g/mol. The number of sulfone groups is 1. The van der Waals surface area contributed by atoms with Gasteiger partial charge in [-0.2, -0.15) is 5.26 Å². The van der Waals surface area contributed by atoms with E-state index in [9.17, 15) is 18.8 Å². The number of rotatable bonds is 6. The van der Waals surface area contributed by atoms with Gasteiger partial charge in [-0.25, -0.2) is 8.42 Å². The van der Waals surface area contributed by atoms with Crippen molar-refractivity contribution in [1.29, 1.82) is 5.26 Å². The van der Waals surface area contributed by atoms with E-state index in [-0.39, 0.29) is 11.5 Å². The average Bonchev–Trinajstić information content (AvgIpc) is 2.86. The van der Waals surface area contributed by atoms with Crippen LogP contribution in [0.5, 0.6) is 0 Å². The number of aliphatic hydroxyl groups is 1. The third-order valence-electron chi connectivity index (χ3n) is 6.07. The first-order valence-electron chi connectivity index (χ1n) is 11.2. The maximum atomic E-state index is 11.8.